The smallest absolute Gasteiger partial charge is 0.123 e. The Hall–Kier alpha value is -0.840. The summed E-state index contributed by atoms with van der Waals surface area (Å²) in [6, 6.07) is 9.19. The molecule has 21 heavy (non-hydrogen) atoms. The molecular formula is C17H22N2S2. The first-order chi connectivity index (χ1) is 10.0. The number of thiazole rings is 1. The lowest BCUT2D eigenvalue weighted by Crippen LogP contribution is -2.30. The molecule has 1 aromatic heterocycles. The second-order valence-electron chi connectivity index (χ2n) is 6.44. The molecule has 0 amide bonds. The van der Waals surface area contributed by atoms with Crippen LogP contribution in [0.4, 0.5) is 0 Å². The van der Waals surface area contributed by atoms with Gasteiger partial charge in [-0.1, -0.05) is 26.0 Å². The van der Waals surface area contributed by atoms with Crippen LogP contribution in [0.25, 0.3) is 10.6 Å². The van der Waals surface area contributed by atoms with Gasteiger partial charge in [-0.2, -0.15) is 0 Å². The van der Waals surface area contributed by atoms with Crippen LogP contribution in [0.15, 0.2) is 29.2 Å². The summed E-state index contributed by atoms with van der Waals surface area (Å²) in [6.45, 7) is 4.68. The van der Waals surface area contributed by atoms with Gasteiger partial charge in [-0.15, -0.1) is 23.1 Å². The van der Waals surface area contributed by atoms with Crippen LogP contribution in [-0.2, 0) is 6.42 Å². The molecule has 0 aliphatic heterocycles. The molecule has 0 fully saturated rings. The third-order valence-corrected chi connectivity index (χ3v) is 6.14. The summed E-state index contributed by atoms with van der Waals surface area (Å²) in [5.41, 5.74) is 2.86. The Morgan fingerprint density at radius 3 is 2.62 bits per heavy atom. The topological polar surface area (TPSA) is 24.9 Å². The van der Waals surface area contributed by atoms with Gasteiger partial charge in [-0.25, -0.2) is 4.98 Å². The molecule has 1 unspecified atom stereocenters. The van der Waals surface area contributed by atoms with Crippen LogP contribution in [-0.4, -0.2) is 18.3 Å². The van der Waals surface area contributed by atoms with Crippen LogP contribution >= 0.6 is 23.1 Å². The van der Waals surface area contributed by atoms with Crippen LogP contribution in [0.2, 0.25) is 0 Å². The van der Waals surface area contributed by atoms with Gasteiger partial charge in [0.1, 0.15) is 5.01 Å². The van der Waals surface area contributed by atoms with Crippen LogP contribution in [0.5, 0.6) is 0 Å². The molecule has 0 spiro atoms. The molecule has 2 aromatic rings. The van der Waals surface area contributed by atoms with Crippen molar-refractivity contribution < 1.29 is 0 Å². The van der Waals surface area contributed by atoms with E-state index in [0.29, 0.717) is 11.5 Å². The first kappa shape index (κ1) is 15.1. The Morgan fingerprint density at radius 1 is 1.29 bits per heavy atom. The number of rotatable bonds is 3. The number of aromatic nitrogens is 1. The predicted octanol–water partition coefficient (Wildman–Crippen LogP) is 4.76. The Bertz CT molecular complexity index is 629. The van der Waals surface area contributed by atoms with Crippen molar-refractivity contribution in [1.82, 2.24) is 10.3 Å². The van der Waals surface area contributed by atoms with Crippen LogP contribution < -0.4 is 5.32 Å². The molecule has 1 N–H and O–H groups in total. The van der Waals surface area contributed by atoms with Crippen molar-refractivity contribution >= 4 is 23.1 Å². The number of benzene rings is 1. The first-order valence-corrected chi connectivity index (χ1v) is 9.38. The molecule has 4 heteroatoms. The molecule has 1 aliphatic carbocycles. The van der Waals surface area contributed by atoms with Gasteiger partial charge in [0.2, 0.25) is 0 Å². The maximum Gasteiger partial charge on any atom is 0.123 e. The van der Waals surface area contributed by atoms with Crippen molar-refractivity contribution in [2.75, 3.05) is 13.3 Å². The highest BCUT2D eigenvalue weighted by Crippen LogP contribution is 2.44. The number of hydrogen-bond acceptors (Lipinski definition) is 4. The fraction of sp³-hybridized carbons (Fsp3) is 0.471. The van der Waals surface area contributed by atoms with E-state index in [4.69, 9.17) is 4.98 Å². The summed E-state index contributed by atoms with van der Waals surface area (Å²) < 4.78 is 0. The zero-order valence-corrected chi connectivity index (χ0v) is 14.7. The maximum absolute atomic E-state index is 4.94. The van der Waals surface area contributed by atoms with Crippen molar-refractivity contribution in [3.63, 3.8) is 0 Å². The Balaban J connectivity index is 1.97. The minimum atomic E-state index is 0.328. The molecule has 1 heterocycles. The summed E-state index contributed by atoms with van der Waals surface area (Å²) in [7, 11) is 2.06. The summed E-state index contributed by atoms with van der Waals surface area (Å²) >= 11 is 3.63. The van der Waals surface area contributed by atoms with E-state index < -0.39 is 0 Å². The molecule has 1 aromatic carbocycles. The molecule has 0 bridgehead atoms. The number of hydrogen-bond donors (Lipinski definition) is 1. The monoisotopic (exact) mass is 318 g/mol. The molecule has 0 saturated heterocycles. The Morgan fingerprint density at radius 2 is 2.00 bits per heavy atom. The number of nitrogens with one attached hydrogen (secondary N) is 1. The predicted molar refractivity (Wildman–Crippen MR) is 93.2 cm³/mol. The van der Waals surface area contributed by atoms with Gasteiger partial charge in [0, 0.05) is 21.4 Å². The van der Waals surface area contributed by atoms with E-state index >= 15 is 0 Å². The van der Waals surface area contributed by atoms with E-state index in [0.717, 1.165) is 11.4 Å². The van der Waals surface area contributed by atoms with E-state index in [2.05, 4.69) is 56.7 Å². The van der Waals surface area contributed by atoms with Gasteiger partial charge < -0.3 is 5.32 Å². The summed E-state index contributed by atoms with van der Waals surface area (Å²) in [5, 5.41) is 4.62. The summed E-state index contributed by atoms with van der Waals surface area (Å²) in [6.07, 6.45) is 4.38. The molecule has 1 atom stereocenters. The minimum Gasteiger partial charge on any atom is -0.312 e. The van der Waals surface area contributed by atoms with E-state index in [1.54, 1.807) is 11.8 Å². The SMILES string of the molecule is CNC1CC(C)(C)Cc2nc(-c3ccc(SC)cc3)sc21. The fourth-order valence-corrected chi connectivity index (χ4v) is 4.63. The zero-order valence-electron chi connectivity index (χ0n) is 13.1. The maximum atomic E-state index is 4.94. The number of thioether (sulfide) groups is 1. The van der Waals surface area contributed by atoms with Crippen molar-refractivity contribution in [2.45, 2.75) is 37.6 Å². The molecule has 2 nitrogen and oxygen atoms in total. The van der Waals surface area contributed by atoms with E-state index in [9.17, 15) is 0 Å². The normalized spacial score (nSPS) is 20.3. The van der Waals surface area contributed by atoms with Gasteiger partial charge in [-0.3, -0.25) is 0 Å². The highest BCUT2D eigenvalue weighted by molar-refractivity contribution is 7.98. The Kier molecular flexibility index (Phi) is 4.12. The quantitative estimate of drug-likeness (QED) is 0.826. The third kappa shape index (κ3) is 3.03. The molecule has 0 radical (unpaired) electrons. The van der Waals surface area contributed by atoms with Gasteiger partial charge >= 0.3 is 0 Å². The molecule has 3 rings (SSSR count). The van der Waals surface area contributed by atoms with E-state index in [-0.39, 0.29) is 0 Å². The standard InChI is InChI=1S/C17H22N2S2/c1-17(2)9-13(18-3)15-14(10-17)19-16(21-15)11-5-7-12(20-4)8-6-11/h5-8,13,18H,9-10H2,1-4H3. The van der Waals surface area contributed by atoms with E-state index in [1.165, 1.54) is 27.5 Å². The average Bonchev–Trinajstić information content (AvgIpc) is 2.88. The van der Waals surface area contributed by atoms with Crippen molar-refractivity contribution in [1.29, 1.82) is 0 Å². The van der Waals surface area contributed by atoms with Crippen molar-refractivity contribution in [2.24, 2.45) is 5.41 Å². The van der Waals surface area contributed by atoms with Crippen LogP contribution in [0.1, 0.15) is 36.9 Å². The fourth-order valence-electron chi connectivity index (χ4n) is 3.02. The average molecular weight is 319 g/mol. The second-order valence-corrected chi connectivity index (χ2v) is 8.36. The lowest BCUT2D eigenvalue weighted by atomic mass is 9.76. The second kappa shape index (κ2) is 5.75. The minimum absolute atomic E-state index is 0.328. The highest BCUT2D eigenvalue weighted by Gasteiger charge is 2.34. The van der Waals surface area contributed by atoms with Crippen molar-refractivity contribution in [3.05, 3.63) is 34.8 Å². The lowest BCUT2D eigenvalue weighted by molar-refractivity contribution is 0.265. The van der Waals surface area contributed by atoms with Gasteiger partial charge in [-0.05, 0) is 43.7 Å². The number of nitrogens with zero attached hydrogens (tertiary/aromatic N) is 1. The van der Waals surface area contributed by atoms with Gasteiger partial charge in [0.15, 0.2) is 0 Å². The van der Waals surface area contributed by atoms with E-state index in [1.807, 2.05) is 11.3 Å². The molecule has 1 aliphatic rings. The zero-order chi connectivity index (χ0) is 15.0. The van der Waals surface area contributed by atoms with Gasteiger partial charge in [0.05, 0.1) is 5.69 Å². The van der Waals surface area contributed by atoms with Crippen LogP contribution in [0.3, 0.4) is 0 Å². The lowest BCUT2D eigenvalue weighted by Gasteiger charge is -2.34. The third-order valence-electron chi connectivity index (χ3n) is 4.13. The van der Waals surface area contributed by atoms with Crippen molar-refractivity contribution in [3.8, 4) is 10.6 Å². The highest BCUT2D eigenvalue weighted by atomic mass is 32.2. The molecule has 0 saturated carbocycles. The summed E-state index contributed by atoms with van der Waals surface area (Å²) in [4.78, 5) is 7.67. The number of fused-ring (bicyclic) bond motifs is 1. The first-order valence-electron chi connectivity index (χ1n) is 7.34. The summed E-state index contributed by atoms with van der Waals surface area (Å²) in [5.74, 6) is 0. The molecule has 112 valence electrons. The van der Waals surface area contributed by atoms with Crippen LogP contribution in [0, 0.1) is 5.41 Å². The van der Waals surface area contributed by atoms with Gasteiger partial charge in [0.25, 0.3) is 0 Å². The largest absolute Gasteiger partial charge is 0.312 e. The molecular weight excluding hydrogens is 296 g/mol. The Labute approximate surface area is 135 Å².